The van der Waals surface area contributed by atoms with E-state index in [1.54, 1.807) is 6.08 Å². The van der Waals surface area contributed by atoms with Crippen LogP contribution >= 0.6 is 11.6 Å². The first kappa shape index (κ1) is 15.1. The summed E-state index contributed by atoms with van der Waals surface area (Å²) < 4.78 is 1.83. The van der Waals surface area contributed by atoms with Gasteiger partial charge in [-0.2, -0.15) is 0 Å². The van der Waals surface area contributed by atoms with Crippen molar-refractivity contribution in [3.8, 4) is 0 Å². The Bertz CT molecular complexity index is 706. The largest absolute Gasteiger partial charge is 0.396 e. The summed E-state index contributed by atoms with van der Waals surface area (Å²) in [4.78, 5) is 16.3. The number of nitrogens with one attached hydrogen (secondary N) is 1. The Morgan fingerprint density at radius 2 is 2.36 bits per heavy atom. The van der Waals surface area contributed by atoms with Crippen LogP contribution in [0.2, 0.25) is 5.15 Å². The fraction of sp³-hybridized carbons (Fsp3) is 0.375. The highest BCUT2D eigenvalue weighted by atomic mass is 35.5. The molecule has 22 heavy (non-hydrogen) atoms. The van der Waals surface area contributed by atoms with Gasteiger partial charge in [-0.15, -0.1) is 0 Å². The second kappa shape index (κ2) is 6.50. The molecule has 0 aromatic carbocycles. The van der Waals surface area contributed by atoms with E-state index < -0.39 is 0 Å². The molecule has 1 aliphatic rings. The minimum atomic E-state index is -0.174. The van der Waals surface area contributed by atoms with Crippen molar-refractivity contribution in [1.82, 2.24) is 14.7 Å². The number of hydrogen-bond acceptors (Lipinski definition) is 3. The van der Waals surface area contributed by atoms with Gasteiger partial charge in [-0.1, -0.05) is 17.7 Å². The molecule has 2 heterocycles. The molecule has 5 nitrogen and oxygen atoms in total. The Labute approximate surface area is 133 Å². The lowest BCUT2D eigenvalue weighted by molar-refractivity contribution is -0.117. The van der Waals surface area contributed by atoms with E-state index in [1.165, 1.54) is 6.08 Å². The van der Waals surface area contributed by atoms with E-state index in [0.717, 1.165) is 18.5 Å². The van der Waals surface area contributed by atoms with Crippen molar-refractivity contribution in [1.29, 1.82) is 0 Å². The number of halogens is 1. The van der Waals surface area contributed by atoms with Crippen molar-refractivity contribution in [2.24, 2.45) is 5.92 Å². The number of nitrogens with zero attached hydrogens (tertiary/aromatic N) is 2. The van der Waals surface area contributed by atoms with Gasteiger partial charge in [0.05, 0.1) is 5.69 Å². The fourth-order valence-corrected chi connectivity index (χ4v) is 2.82. The van der Waals surface area contributed by atoms with E-state index in [9.17, 15) is 4.79 Å². The second-order valence-corrected chi connectivity index (χ2v) is 5.87. The Hall–Kier alpha value is -1.85. The number of rotatable bonds is 6. The predicted octanol–water partition coefficient (Wildman–Crippen LogP) is 2.28. The lowest BCUT2D eigenvalue weighted by Gasteiger charge is -2.15. The van der Waals surface area contributed by atoms with Crippen LogP contribution in [0.15, 0.2) is 30.5 Å². The van der Waals surface area contributed by atoms with Gasteiger partial charge in [0.25, 0.3) is 0 Å². The molecule has 0 spiro atoms. The molecule has 0 saturated heterocycles. The van der Waals surface area contributed by atoms with Crippen LogP contribution in [-0.4, -0.2) is 33.0 Å². The smallest absolute Gasteiger partial charge is 0.244 e. The highest BCUT2D eigenvalue weighted by molar-refractivity contribution is 6.31. The van der Waals surface area contributed by atoms with Crippen LogP contribution in [-0.2, 0) is 4.79 Å². The molecule has 1 fully saturated rings. The lowest BCUT2D eigenvalue weighted by Crippen LogP contribution is -2.36. The Morgan fingerprint density at radius 1 is 1.55 bits per heavy atom. The zero-order valence-electron chi connectivity index (χ0n) is 12.1. The molecular weight excluding hydrogens is 302 g/mol. The predicted molar refractivity (Wildman–Crippen MR) is 85.6 cm³/mol. The average Bonchev–Trinajstić information content (AvgIpc) is 3.29. The normalized spacial score (nSPS) is 16.3. The zero-order valence-corrected chi connectivity index (χ0v) is 12.8. The summed E-state index contributed by atoms with van der Waals surface area (Å²) in [5.74, 6) is 0.330. The number of amides is 1. The minimum absolute atomic E-state index is 0.0554. The van der Waals surface area contributed by atoms with Crippen LogP contribution in [0, 0.1) is 5.92 Å². The fourth-order valence-electron chi connectivity index (χ4n) is 2.58. The molecule has 1 saturated carbocycles. The molecule has 3 rings (SSSR count). The number of fused-ring (bicyclic) bond motifs is 1. The molecule has 0 aliphatic heterocycles. The number of carbonyl (C=O) groups is 1. The quantitative estimate of drug-likeness (QED) is 0.803. The third-order valence-electron chi connectivity index (χ3n) is 3.87. The van der Waals surface area contributed by atoms with E-state index in [1.807, 2.05) is 28.8 Å². The van der Waals surface area contributed by atoms with Crippen LogP contribution in [0.1, 0.15) is 25.0 Å². The van der Waals surface area contributed by atoms with Crippen LogP contribution < -0.4 is 5.32 Å². The number of aliphatic hydroxyl groups excluding tert-OH is 1. The molecule has 0 radical (unpaired) electrons. The SMILES string of the molecule is O=C(/C=C/c1c(Cl)nc2ccccn12)NC(CCO)C1CC1. The highest BCUT2D eigenvalue weighted by Gasteiger charge is 2.31. The van der Waals surface area contributed by atoms with Crippen molar-refractivity contribution in [3.63, 3.8) is 0 Å². The summed E-state index contributed by atoms with van der Waals surface area (Å²) in [5.41, 5.74) is 1.42. The number of carbonyl (C=O) groups excluding carboxylic acids is 1. The summed E-state index contributed by atoms with van der Waals surface area (Å²) in [7, 11) is 0. The standard InChI is InChI=1S/C16H18ClN3O2/c17-16-13(20-9-2-1-3-14(20)19-16)6-7-15(22)18-12(8-10-21)11-4-5-11/h1-3,6-7,9,11-12,21H,4-5,8,10H2,(H,18,22)/b7-6+. The van der Waals surface area contributed by atoms with E-state index in [-0.39, 0.29) is 18.6 Å². The topological polar surface area (TPSA) is 66.6 Å². The molecule has 0 bridgehead atoms. The molecule has 2 N–H and O–H groups in total. The van der Waals surface area contributed by atoms with Gasteiger partial charge < -0.3 is 10.4 Å². The molecular formula is C16H18ClN3O2. The molecule has 1 amide bonds. The monoisotopic (exact) mass is 319 g/mol. The van der Waals surface area contributed by atoms with Gasteiger partial charge >= 0.3 is 0 Å². The summed E-state index contributed by atoms with van der Waals surface area (Å²) in [5, 5.41) is 12.4. The third-order valence-corrected chi connectivity index (χ3v) is 4.15. The van der Waals surface area contributed by atoms with E-state index in [4.69, 9.17) is 16.7 Å². The second-order valence-electron chi connectivity index (χ2n) is 5.51. The van der Waals surface area contributed by atoms with Gasteiger partial charge in [0.2, 0.25) is 5.91 Å². The van der Waals surface area contributed by atoms with Crippen LogP contribution in [0.5, 0.6) is 0 Å². The number of pyridine rings is 1. The number of imidazole rings is 1. The van der Waals surface area contributed by atoms with Gasteiger partial charge in [0.15, 0.2) is 5.15 Å². The summed E-state index contributed by atoms with van der Waals surface area (Å²) in [6.45, 7) is 0.0875. The summed E-state index contributed by atoms with van der Waals surface area (Å²) in [6, 6.07) is 5.67. The van der Waals surface area contributed by atoms with Crippen molar-refractivity contribution in [2.75, 3.05) is 6.61 Å². The Kier molecular flexibility index (Phi) is 4.45. The van der Waals surface area contributed by atoms with Crippen LogP contribution in [0.25, 0.3) is 11.7 Å². The number of hydrogen-bond donors (Lipinski definition) is 2. The number of aliphatic hydroxyl groups is 1. The maximum Gasteiger partial charge on any atom is 0.244 e. The molecule has 2 aromatic heterocycles. The van der Waals surface area contributed by atoms with Crippen molar-refractivity contribution >= 4 is 29.2 Å². The van der Waals surface area contributed by atoms with Crippen molar-refractivity contribution in [2.45, 2.75) is 25.3 Å². The molecule has 1 unspecified atom stereocenters. The maximum atomic E-state index is 12.1. The van der Waals surface area contributed by atoms with Gasteiger partial charge in [-0.25, -0.2) is 4.98 Å². The lowest BCUT2D eigenvalue weighted by atomic mass is 10.1. The molecule has 6 heteroatoms. The number of aromatic nitrogens is 2. The molecule has 116 valence electrons. The first-order valence-corrected chi connectivity index (χ1v) is 7.79. The zero-order chi connectivity index (χ0) is 15.5. The average molecular weight is 320 g/mol. The molecule has 1 aliphatic carbocycles. The molecule has 1 atom stereocenters. The minimum Gasteiger partial charge on any atom is -0.396 e. The van der Waals surface area contributed by atoms with Crippen molar-refractivity contribution in [3.05, 3.63) is 41.3 Å². The van der Waals surface area contributed by atoms with E-state index >= 15 is 0 Å². The van der Waals surface area contributed by atoms with Gasteiger partial charge in [-0.3, -0.25) is 9.20 Å². The van der Waals surface area contributed by atoms with Gasteiger partial charge in [0.1, 0.15) is 5.65 Å². The Morgan fingerprint density at radius 3 is 3.09 bits per heavy atom. The highest BCUT2D eigenvalue weighted by Crippen LogP contribution is 2.33. The first-order chi connectivity index (χ1) is 10.7. The summed E-state index contributed by atoms with van der Waals surface area (Å²) in [6.07, 6.45) is 7.82. The van der Waals surface area contributed by atoms with E-state index in [2.05, 4.69) is 10.3 Å². The van der Waals surface area contributed by atoms with Crippen molar-refractivity contribution < 1.29 is 9.90 Å². The maximum absolute atomic E-state index is 12.1. The summed E-state index contributed by atoms with van der Waals surface area (Å²) >= 11 is 6.12. The first-order valence-electron chi connectivity index (χ1n) is 7.41. The van der Waals surface area contributed by atoms with Gasteiger partial charge in [0, 0.05) is 24.9 Å². The van der Waals surface area contributed by atoms with Crippen LogP contribution in [0.4, 0.5) is 0 Å². The van der Waals surface area contributed by atoms with Crippen LogP contribution in [0.3, 0.4) is 0 Å². The molecule has 2 aromatic rings. The Balaban J connectivity index is 1.72. The van der Waals surface area contributed by atoms with Gasteiger partial charge in [-0.05, 0) is 43.4 Å². The van der Waals surface area contributed by atoms with E-state index in [0.29, 0.717) is 23.2 Å². The third kappa shape index (κ3) is 3.31.